The molecule has 3 rings (SSSR count). The first-order chi connectivity index (χ1) is 14.3. The fraction of sp³-hybridized carbons (Fsp3) is 0.0909. The number of aliphatic hydroxyl groups is 1. The minimum Gasteiger partial charge on any atom is -0.507 e. The van der Waals surface area contributed by atoms with Crippen molar-refractivity contribution in [3.05, 3.63) is 105 Å². The Labute approximate surface area is 172 Å². The van der Waals surface area contributed by atoms with Gasteiger partial charge in [-0.25, -0.2) is 5.43 Å². The van der Waals surface area contributed by atoms with E-state index in [1.165, 1.54) is 13.0 Å². The lowest BCUT2D eigenvalue weighted by atomic mass is 9.85. The normalized spacial score (nSPS) is 11.4. The predicted octanol–water partition coefficient (Wildman–Crippen LogP) is 3.00. The number of phenols is 1. The van der Waals surface area contributed by atoms with Gasteiger partial charge in [-0.2, -0.15) is 5.10 Å². The highest BCUT2D eigenvalue weighted by Gasteiger charge is 2.39. The molecule has 0 heterocycles. The number of hydrazone groups is 1. The van der Waals surface area contributed by atoms with Gasteiger partial charge in [-0.1, -0.05) is 60.7 Å². The molecular weight excluding hydrogens is 386 g/mol. The van der Waals surface area contributed by atoms with Gasteiger partial charge in [-0.15, -0.1) is 0 Å². The number of nitrogens with one attached hydrogen (secondary N) is 1. The zero-order chi connectivity index (χ0) is 21.7. The maximum atomic E-state index is 12.9. The van der Waals surface area contributed by atoms with Crippen LogP contribution in [0.2, 0.25) is 0 Å². The molecule has 8 nitrogen and oxygen atoms in total. The average molecular weight is 405 g/mol. The molecule has 0 unspecified atom stereocenters. The van der Waals surface area contributed by atoms with Gasteiger partial charge >= 0.3 is 0 Å². The number of aromatic hydroxyl groups is 1. The zero-order valence-electron chi connectivity index (χ0n) is 16.0. The molecule has 0 aliphatic rings. The molecule has 30 heavy (non-hydrogen) atoms. The molecule has 0 aromatic heterocycles. The van der Waals surface area contributed by atoms with Gasteiger partial charge in [0.2, 0.25) is 0 Å². The summed E-state index contributed by atoms with van der Waals surface area (Å²) in [6.07, 6.45) is 1.09. The molecule has 3 aromatic carbocycles. The van der Waals surface area contributed by atoms with E-state index >= 15 is 0 Å². The number of hydrogen-bond donors (Lipinski definition) is 3. The van der Waals surface area contributed by atoms with E-state index in [-0.39, 0.29) is 17.0 Å². The molecule has 0 saturated carbocycles. The molecule has 0 radical (unpaired) electrons. The van der Waals surface area contributed by atoms with Gasteiger partial charge in [-0.05, 0) is 23.6 Å². The number of hydrogen-bond acceptors (Lipinski definition) is 6. The summed E-state index contributed by atoms with van der Waals surface area (Å²) in [5, 5.41) is 36.2. The van der Waals surface area contributed by atoms with Gasteiger partial charge in [0.05, 0.1) is 11.1 Å². The number of benzene rings is 3. The van der Waals surface area contributed by atoms with Crippen molar-refractivity contribution in [3.8, 4) is 5.75 Å². The van der Waals surface area contributed by atoms with Crippen molar-refractivity contribution in [3.63, 3.8) is 0 Å². The number of nitro groups is 1. The van der Waals surface area contributed by atoms with Crippen molar-refractivity contribution in [2.24, 2.45) is 5.10 Å². The summed E-state index contributed by atoms with van der Waals surface area (Å²) in [6.45, 7) is 1.52. The highest BCUT2D eigenvalue weighted by atomic mass is 16.6. The van der Waals surface area contributed by atoms with Crippen LogP contribution in [-0.4, -0.2) is 27.3 Å². The van der Waals surface area contributed by atoms with E-state index < -0.39 is 16.4 Å². The van der Waals surface area contributed by atoms with Crippen molar-refractivity contribution >= 4 is 17.8 Å². The molecule has 8 heteroatoms. The lowest BCUT2D eigenvalue weighted by Crippen LogP contribution is -2.43. The van der Waals surface area contributed by atoms with Gasteiger partial charge in [0.25, 0.3) is 11.6 Å². The summed E-state index contributed by atoms with van der Waals surface area (Å²) in [4.78, 5) is 23.4. The minimum atomic E-state index is -2.01. The van der Waals surface area contributed by atoms with Crippen molar-refractivity contribution in [1.82, 2.24) is 5.43 Å². The first-order valence-corrected chi connectivity index (χ1v) is 8.99. The van der Waals surface area contributed by atoms with Crippen LogP contribution in [0.1, 0.15) is 22.3 Å². The molecule has 3 aromatic rings. The number of amides is 1. The Morgan fingerprint density at radius 3 is 2.10 bits per heavy atom. The summed E-state index contributed by atoms with van der Waals surface area (Å²) in [7, 11) is 0. The lowest BCUT2D eigenvalue weighted by molar-refractivity contribution is -0.384. The number of rotatable bonds is 6. The molecular formula is C22H19N3O5. The Balaban J connectivity index is 1.92. The molecule has 0 aliphatic heterocycles. The lowest BCUT2D eigenvalue weighted by Gasteiger charge is -2.27. The van der Waals surface area contributed by atoms with Gasteiger partial charge in [0.15, 0.2) is 5.60 Å². The van der Waals surface area contributed by atoms with Crippen molar-refractivity contribution in [2.75, 3.05) is 0 Å². The fourth-order valence-electron chi connectivity index (χ4n) is 3.02. The molecule has 1 amide bonds. The second-order valence-electron chi connectivity index (χ2n) is 6.60. The molecule has 0 spiro atoms. The average Bonchev–Trinajstić information content (AvgIpc) is 2.76. The highest BCUT2D eigenvalue weighted by Crippen LogP contribution is 2.30. The summed E-state index contributed by atoms with van der Waals surface area (Å²) >= 11 is 0. The van der Waals surface area contributed by atoms with Crippen LogP contribution in [0, 0.1) is 17.0 Å². The van der Waals surface area contributed by atoms with E-state index in [0.29, 0.717) is 16.7 Å². The Bertz CT molecular complexity index is 1060. The summed E-state index contributed by atoms with van der Waals surface area (Å²) in [5.41, 5.74) is 1.08. The van der Waals surface area contributed by atoms with Crippen molar-refractivity contribution in [1.29, 1.82) is 0 Å². The van der Waals surface area contributed by atoms with Crippen LogP contribution in [0.15, 0.2) is 77.9 Å². The molecule has 3 N–H and O–H groups in total. The molecule has 152 valence electrons. The highest BCUT2D eigenvalue weighted by molar-refractivity contribution is 5.92. The maximum absolute atomic E-state index is 12.9. The van der Waals surface area contributed by atoms with Crippen LogP contribution in [-0.2, 0) is 10.4 Å². The minimum absolute atomic E-state index is 0.0602. The van der Waals surface area contributed by atoms with E-state index in [1.54, 1.807) is 60.7 Å². The molecule has 0 bridgehead atoms. The van der Waals surface area contributed by atoms with Crippen LogP contribution in [0.5, 0.6) is 5.75 Å². The number of nitro benzene ring substituents is 1. The third-order valence-electron chi connectivity index (χ3n) is 4.61. The summed E-state index contributed by atoms with van der Waals surface area (Å²) < 4.78 is 0. The van der Waals surface area contributed by atoms with E-state index in [1.807, 2.05) is 0 Å². The Morgan fingerprint density at radius 2 is 1.60 bits per heavy atom. The Morgan fingerprint density at radius 1 is 1.07 bits per heavy atom. The van der Waals surface area contributed by atoms with Crippen LogP contribution >= 0.6 is 0 Å². The third kappa shape index (κ3) is 4.03. The smallest absolute Gasteiger partial charge is 0.281 e. The number of nitrogens with zero attached hydrogens (tertiary/aromatic N) is 2. The Hall–Kier alpha value is -4.04. The molecule has 0 saturated heterocycles. The van der Waals surface area contributed by atoms with Crippen molar-refractivity contribution in [2.45, 2.75) is 12.5 Å². The number of non-ortho nitro benzene ring substituents is 1. The second-order valence-corrected chi connectivity index (χ2v) is 6.60. The fourth-order valence-corrected chi connectivity index (χ4v) is 3.02. The standard InChI is InChI=1S/C22H19N3O5/c1-15-12-19(25(29)30)13-16(20(15)26)14-23-24-21(27)22(28,17-8-4-2-5-9-17)18-10-6-3-7-11-18/h2-14,26,28H,1H3,(H,24,27). The number of carbonyl (C=O) groups excluding carboxylic acids is 1. The maximum Gasteiger partial charge on any atom is 0.281 e. The van der Waals surface area contributed by atoms with E-state index in [0.717, 1.165) is 12.3 Å². The van der Waals surface area contributed by atoms with E-state index in [4.69, 9.17) is 0 Å². The summed E-state index contributed by atoms with van der Waals surface area (Å²) in [6, 6.07) is 19.2. The molecule has 0 fully saturated rings. The van der Waals surface area contributed by atoms with Gasteiger partial charge in [-0.3, -0.25) is 14.9 Å². The van der Waals surface area contributed by atoms with E-state index in [9.17, 15) is 25.1 Å². The van der Waals surface area contributed by atoms with Crippen molar-refractivity contribution < 1.29 is 19.9 Å². The number of phenolic OH excluding ortho intramolecular Hbond substituents is 1. The largest absolute Gasteiger partial charge is 0.507 e. The first kappa shape index (κ1) is 20.7. The van der Waals surface area contributed by atoms with Crippen LogP contribution < -0.4 is 5.43 Å². The number of carbonyl (C=O) groups is 1. The van der Waals surface area contributed by atoms with Gasteiger partial charge in [0, 0.05) is 17.7 Å². The predicted molar refractivity (Wildman–Crippen MR) is 111 cm³/mol. The topological polar surface area (TPSA) is 125 Å². The van der Waals surface area contributed by atoms with Crippen LogP contribution in [0.3, 0.4) is 0 Å². The van der Waals surface area contributed by atoms with E-state index in [2.05, 4.69) is 10.5 Å². The Kier molecular flexibility index (Phi) is 5.89. The first-order valence-electron chi connectivity index (χ1n) is 8.99. The SMILES string of the molecule is Cc1cc([N+](=O)[O-])cc(C=NNC(=O)C(O)(c2ccccc2)c2ccccc2)c1O. The van der Waals surface area contributed by atoms with Gasteiger partial charge in [0.1, 0.15) is 5.75 Å². The molecule has 0 atom stereocenters. The van der Waals surface area contributed by atoms with Gasteiger partial charge < -0.3 is 10.2 Å². The van der Waals surface area contributed by atoms with Crippen LogP contribution in [0.25, 0.3) is 0 Å². The van der Waals surface area contributed by atoms with Crippen LogP contribution in [0.4, 0.5) is 5.69 Å². The summed E-state index contributed by atoms with van der Waals surface area (Å²) in [5.74, 6) is -1.02. The quantitative estimate of drug-likeness (QED) is 0.330. The monoisotopic (exact) mass is 405 g/mol. The second kappa shape index (κ2) is 8.54. The molecule has 0 aliphatic carbocycles. The zero-order valence-corrected chi connectivity index (χ0v) is 16.0. The third-order valence-corrected chi connectivity index (χ3v) is 4.61. The number of aryl methyl sites for hydroxylation is 1.